The Morgan fingerprint density at radius 1 is 1.50 bits per heavy atom. The van der Waals surface area contributed by atoms with Crippen molar-refractivity contribution in [2.24, 2.45) is 0 Å². The first-order valence-corrected chi connectivity index (χ1v) is 7.81. The molecule has 8 heteroatoms. The van der Waals surface area contributed by atoms with Crippen LogP contribution in [0.25, 0.3) is 0 Å². The average molecular weight is 301 g/mol. The minimum absolute atomic E-state index is 0.0747. The van der Waals surface area contributed by atoms with Crippen LogP contribution in [0.5, 0.6) is 0 Å². The third-order valence-corrected chi connectivity index (χ3v) is 4.94. The van der Waals surface area contributed by atoms with Gasteiger partial charge in [0.15, 0.2) is 0 Å². The molecule has 1 aromatic rings. The van der Waals surface area contributed by atoms with Gasteiger partial charge in [0.1, 0.15) is 5.76 Å². The first-order valence-electron chi connectivity index (χ1n) is 6.37. The molecule has 2 N–H and O–H groups in total. The fraction of sp³-hybridized carbons (Fsp3) is 0.583. The van der Waals surface area contributed by atoms with Gasteiger partial charge in [-0.2, -0.15) is 0 Å². The van der Waals surface area contributed by atoms with Crippen LogP contribution in [0.1, 0.15) is 22.5 Å². The molecule has 0 radical (unpaired) electrons. The minimum atomic E-state index is -3.67. The molecular weight excluding hydrogens is 282 g/mol. The standard InChI is InChI=1S/C12H19N3O4S/c1-8-10(12(16)14-9-4-5-13-7-9)6-11(19-8)20(17,18)15(2)3/h6,9,13H,4-5,7H2,1-3H3,(H,14,16). The summed E-state index contributed by atoms with van der Waals surface area (Å²) in [6, 6.07) is 1.35. The van der Waals surface area contributed by atoms with Crippen LogP contribution in [0.15, 0.2) is 15.6 Å². The lowest BCUT2D eigenvalue weighted by atomic mass is 10.2. The number of carbonyl (C=O) groups is 1. The van der Waals surface area contributed by atoms with Crippen molar-refractivity contribution in [3.05, 3.63) is 17.4 Å². The average Bonchev–Trinajstić information content (AvgIpc) is 2.98. The van der Waals surface area contributed by atoms with Gasteiger partial charge in [-0.1, -0.05) is 0 Å². The number of nitrogens with zero attached hydrogens (tertiary/aromatic N) is 1. The third-order valence-electron chi connectivity index (χ3n) is 3.27. The highest BCUT2D eigenvalue weighted by molar-refractivity contribution is 7.88. The van der Waals surface area contributed by atoms with Crippen molar-refractivity contribution in [1.29, 1.82) is 0 Å². The van der Waals surface area contributed by atoms with E-state index in [0.717, 1.165) is 23.8 Å². The summed E-state index contributed by atoms with van der Waals surface area (Å²) in [5.41, 5.74) is 0.261. The Hall–Kier alpha value is -1.38. The number of amides is 1. The fourth-order valence-electron chi connectivity index (χ4n) is 2.03. The van der Waals surface area contributed by atoms with E-state index < -0.39 is 10.0 Å². The number of hydrogen-bond donors (Lipinski definition) is 2. The molecule has 0 spiro atoms. The zero-order chi connectivity index (χ0) is 14.9. The molecule has 0 saturated carbocycles. The summed E-state index contributed by atoms with van der Waals surface area (Å²) in [6.07, 6.45) is 0.867. The highest BCUT2D eigenvalue weighted by Crippen LogP contribution is 2.21. The van der Waals surface area contributed by atoms with Crippen LogP contribution < -0.4 is 10.6 Å². The molecule has 1 atom stereocenters. The van der Waals surface area contributed by atoms with E-state index in [1.807, 2.05) is 0 Å². The summed E-state index contributed by atoms with van der Waals surface area (Å²) >= 11 is 0. The Morgan fingerprint density at radius 3 is 2.75 bits per heavy atom. The van der Waals surface area contributed by atoms with Gasteiger partial charge in [0.25, 0.3) is 15.9 Å². The van der Waals surface area contributed by atoms with Crippen molar-refractivity contribution < 1.29 is 17.6 Å². The molecule has 1 unspecified atom stereocenters. The molecule has 2 rings (SSSR count). The van der Waals surface area contributed by atoms with Crippen LogP contribution in [-0.4, -0.2) is 51.9 Å². The van der Waals surface area contributed by atoms with Gasteiger partial charge in [0, 0.05) is 32.7 Å². The molecule has 2 heterocycles. The van der Waals surface area contributed by atoms with Crippen molar-refractivity contribution >= 4 is 15.9 Å². The Morgan fingerprint density at radius 2 is 2.20 bits per heavy atom. The van der Waals surface area contributed by atoms with E-state index in [-0.39, 0.29) is 22.6 Å². The maximum atomic E-state index is 12.1. The predicted octanol–water partition coefficient (Wildman–Crippen LogP) is -0.0700. The van der Waals surface area contributed by atoms with Gasteiger partial charge < -0.3 is 15.1 Å². The van der Waals surface area contributed by atoms with Crippen LogP contribution in [0, 0.1) is 6.92 Å². The van der Waals surface area contributed by atoms with E-state index in [1.54, 1.807) is 6.92 Å². The van der Waals surface area contributed by atoms with Gasteiger partial charge in [-0.25, -0.2) is 12.7 Å². The van der Waals surface area contributed by atoms with Crippen LogP contribution in [0.4, 0.5) is 0 Å². The highest BCUT2D eigenvalue weighted by Gasteiger charge is 2.27. The van der Waals surface area contributed by atoms with E-state index in [0.29, 0.717) is 5.76 Å². The van der Waals surface area contributed by atoms with Gasteiger partial charge in [0.05, 0.1) is 5.56 Å². The maximum absolute atomic E-state index is 12.1. The van der Waals surface area contributed by atoms with Crippen molar-refractivity contribution in [2.45, 2.75) is 24.5 Å². The lowest BCUT2D eigenvalue weighted by molar-refractivity contribution is 0.0938. The molecular formula is C12H19N3O4S. The summed E-state index contributed by atoms with van der Waals surface area (Å²) in [5, 5.41) is 5.79. The summed E-state index contributed by atoms with van der Waals surface area (Å²) < 4.78 is 30.2. The van der Waals surface area contributed by atoms with Crippen molar-refractivity contribution in [3.63, 3.8) is 0 Å². The Bertz CT molecular complexity index is 600. The lowest BCUT2D eigenvalue weighted by Gasteiger charge is -2.10. The van der Waals surface area contributed by atoms with E-state index in [4.69, 9.17) is 4.42 Å². The first-order chi connectivity index (χ1) is 9.32. The normalized spacial score (nSPS) is 19.5. The van der Waals surface area contributed by atoms with Crippen molar-refractivity contribution in [1.82, 2.24) is 14.9 Å². The highest BCUT2D eigenvalue weighted by atomic mass is 32.2. The molecule has 20 heavy (non-hydrogen) atoms. The number of aryl methyl sites for hydroxylation is 1. The number of furan rings is 1. The molecule has 7 nitrogen and oxygen atoms in total. The molecule has 1 amide bonds. The number of carbonyl (C=O) groups excluding carboxylic acids is 1. The zero-order valence-electron chi connectivity index (χ0n) is 11.8. The molecule has 112 valence electrons. The van der Waals surface area contributed by atoms with Gasteiger partial charge in [0.2, 0.25) is 5.09 Å². The summed E-state index contributed by atoms with van der Waals surface area (Å²) in [7, 11) is -0.837. The fourth-order valence-corrected chi connectivity index (χ4v) is 2.89. The molecule has 1 aromatic heterocycles. The summed E-state index contributed by atoms with van der Waals surface area (Å²) in [5.74, 6) is -0.00552. The lowest BCUT2D eigenvalue weighted by Crippen LogP contribution is -2.36. The molecule has 1 fully saturated rings. The second-order valence-electron chi connectivity index (χ2n) is 4.99. The summed E-state index contributed by atoms with van der Waals surface area (Å²) in [4.78, 5) is 12.1. The van der Waals surface area contributed by atoms with Crippen LogP contribution in [0.2, 0.25) is 0 Å². The Labute approximate surface area is 118 Å². The van der Waals surface area contributed by atoms with Gasteiger partial charge in [-0.15, -0.1) is 0 Å². The Balaban J connectivity index is 2.21. The first kappa shape index (κ1) is 15.0. The van der Waals surface area contributed by atoms with Crippen LogP contribution in [-0.2, 0) is 10.0 Å². The van der Waals surface area contributed by atoms with Crippen LogP contribution >= 0.6 is 0 Å². The third kappa shape index (κ3) is 2.87. The summed E-state index contributed by atoms with van der Waals surface area (Å²) in [6.45, 7) is 3.18. The largest absolute Gasteiger partial charge is 0.448 e. The molecule has 1 saturated heterocycles. The molecule has 0 aliphatic carbocycles. The van der Waals surface area contributed by atoms with Crippen LogP contribution in [0.3, 0.4) is 0 Å². The van der Waals surface area contributed by atoms with Gasteiger partial charge >= 0.3 is 0 Å². The number of sulfonamides is 1. The molecule has 1 aliphatic heterocycles. The minimum Gasteiger partial charge on any atom is -0.448 e. The smallest absolute Gasteiger partial charge is 0.275 e. The van der Waals surface area contributed by atoms with E-state index in [9.17, 15) is 13.2 Å². The second-order valence-corrected chi connectivity index (χ2v) is 7.07. The second kappa shape index (κ2) is 5.55. The SMILES string of the molecule is Cc1oc(S(=O)(=O)N(C)C)cc1C(=O)NC1CCNC1. The monoisotopic (exact) mass is 301 g/mol. The maximum Gasteiger partial charge on any atom is 0.275 e. The molecule has 1 aliphatic rings. The topological polar surface area (TPSA) is 91.7 Å². The molecule has 0 aromatic carbocycles. The quantitative estimate of drug-likeness (QED) is 0.812. The van der Waals surface area contributed by atoms with Crippen molar-refractivity contribution in [3.8, 4) is 0 Å². The van der Waals surface area contributed by atoms with E-state index in [2.05, 4.69) is 10.6 Å². The number of hydrogen-bond acceptors (Lipinski definition) is 5. The number of rotatable bonds is 4. The number of nitrogens with one attached hydrogen (secondary N) is 2. The van der Waals surface area contributed by atoms with Gasteiger partial charge in [-0.05, 0) is 19.9 Å². The molecule has 0 bridgehead atoms. The zero-order valence-corrected chi connectivity index (χ0v) is 12.6. The van der Waals surface area contributed by atoms with Crippen molar-refractivity contribution in [2.75, 3.05) is 27.2 Å². The Kier molecular flexibility index (Phi) is 4.17. The van der Waals surface area contributed by atoms with E-state index >= 15 is 0 Å². The van der Waals surface area contributed by atoms with Gasteiger partial charge in [-0.3, -0.25) is 4.79 Å². The van der Waals surface area contributed by atoms with E-state index in [1.165, 1.54) is 20.2 Å². The predicted molar refractivity (Wildman–Crippen MR) is 73.1 cm³/mol.